The number of hydrogen-bond acceptors (Lipinski definition) is 2. The second-order valence-electron chi connectivity index (χ2n) is 7.02. The molecule has 0 saturated carbocycles. The lowest BCUT2D eigenvalue weighted by Gasteiger charge is -2.30. The van der Waals surface area contributed by atoms with Crippen molar-refractivity contribution >= 4 is 0 Å². The van der Waals surface area contributed by atoms with Crippen LogP contribution >= 0.6 is 0 Å². The van der Waals surface area contributed by atoms with Crippen molar-refractivity contribution in [2.75, 3.05) is 0 Å². The summed E-state index contributed by atoms with van der Waals surface area (Å²) in [5, 5.41) is 0. The first-order valence-electron chi connectivity index (χ1n) is 8.78. The van der Waals surface area contributed by atoms with Crippen LogP contribution < -0.4 is 0 Å². The van der Waals surface area contributed by atoms with E-state index in [4.69, 9.17) is 9.97 Å². The third-order valence-corrected chi connectivity index (χ3v) is 5.07. The molecule has 0 amide bonds. The van der Waals surface area contributed by atoms with Gasteiger partial charge in [0.15, 0.2) is 0 Å². The standard InChI is InChI=1S/C19H34N2/c1-7-11-18(5,10-4)16-14-20-17(21-15-16)19(6,12-8-2)13-9-3/h14-15H,7-13H2,1-6H3. The molecule has 0 bridgehead atoms. The first-order chi connectivity index (χ1) is 9.95. The summed E-state index contributed by atoms with van der Waals surface area (Å²) in [6, 6.07) is 0. The Morgan fingerprint density at radius 1 is 0.762 bits per heavy atom. The van der Waals surface area contributed by atoms with Crippen molar-refractivity contribution in [3.63, 3.8) is 0 Å². The van der Waals surface area contributed by atoms with Gasteiger partial charge in [-0.1, -0.05) is 60.8 Å². The average Bonchev–Trinajstić information content (AvgIpc) is 2.48. The van der Waals surface area contributed by atoms with Crippen LogP contribution in [0.2, 0.25) is 0 Å². The minimum atomic E-state index is 0.134. The van der Waals surface area contributed by atoms with E-state index in [0.717, 1.165) is 12.2 Å². The maximum atomic E-state index is 4.77. The Morgan fingerprint density at radius 2 is 1.19 bits per heavy atom. The van der Waals surface area contributed by atoms with E-state index in [1.165, 1.54) is 44.1 Å². The van der Waals surface area contributed by atoms with Crippen molar-refractivity contribution in [2.24, 2.45) is 0 Å². The van der Waals surface area contributed by atoms with Crippen molar-refractivity contribution < 1.29 is 0 Å². The fraction of sp³-hybridized carbons (Fsp3) is 0.789. The molecule has 1 rings (SSSR count). The zero-order valence-corrected chi connectivity index (χ0v) is 15.0. The van der Waals surface area contributed by atoms with Crippen LogP contribution in [0, 0.1) is 0 Å². The zero-order chi connectivity index (χ0) is 15.9. The molecule has 2 nitrogen and oxygen atoms in total. The van der Waals surface area contributed by atoms with E-state index >= 15 is 0 Å². The van der Waals surface area contributed by atoms with Gasteiger partial charge in [-0.05, 0) is 36.7 Å². The minimum absolute atomic E-state index is 0.134. The van der Waals surface area contributed by atoms with Gasteiger partial charge in [0.25, 0.3) is 0 Å². The summed E-state index contributed by atoms with van der Waals surface area (Å²) in [6.07, 6.45) is 12.4. The van der Waals surface area contributed by atoms with E-state index in [2.05, 4.69) is 53.9 Å². The molecule has 0 aliphatic carbocycles. The quantitative estimate of drug-likeness (QED) is 0.574. The van der Waals surface area contributed by atoms with Gasteiger partial charge in [0, 0.05) is 17.8 Å². The maximum absolute atomic E-state index is 4.77. The fourth-order valence-corrected chi connectivity index (χ4v) is 3.48. The smallest absolute Gasteiger partial charge is 0.134 e. The summed E-state index contributed by atoms with van der Waals surface area (Å²) < 4.78 is 0. The van der Waals surface area contributed by atoms with Crippen LogP contribution in [0.25, 0.3) is 0 Å². The molecule has 0 spiro atoms. The molecule has 0 fully saturated rings. The molecule has 0 N–H and O–H groups in total. The average molecular weight is 290 g/mol. The minimum Gasteiger partial charge on any atom is -0.240 e. The predicted octanol–water partition coefficient (Wildman–Crippen LogP) is 5.80. The third kappa shape index (κ3) is 4.28. The largest absolute Gasteiger partial charge is 0.240 e. The monoisotopic (exact) mass is 290 g/mol. The molecule has 0 saturated heterocycles. The van der Waals surface area contributed by atoms with E-state index in [9.17, 15) is 0 Å². The van der Waals surface area contributed by atoms with Gasteiger partial charge in [-0.2, -0.15) is 0 Å². The molecule has 1 aromatic rings. The first kappa shape index (κ1) is 18.1. The summed E-state index contributed by atoms with van der Waals surface area (Å²) in [4.78, 5) is 9.55. The zero-order valence-electron chi connectivity index (χ0n) is 15.0. The molecule has 1 heterocycles. The van der Waals surface area contributed by atoms with Crippen LogP contribution in [0.1, 0.15) is 97.9 Å². The lowest BCUT2D eigenvalue weighted by Crippen LogP contribution is -2.26. The van der Waals surface area contributed by atoms with Crippen molar-refractivity contribution in [1.82, 2.24) is 9.97 Å². The Kier molecular flexibility index (Phi) is 6.83. The third-order valence-electron chi connectivity index (χ3n) is 5.07. The van der Waals surface area contributed by atoms with Crippen LogP contribution in [0.3, 0.4) is 0 Å². The number of hydrogen-bond donors (Lipinski definition) is 0. The van der Waals surface area contributed by atoms with Crippen molar-refractivity contribution in [3.8, 4) is 0 Å². The Balaban J connectivity index is 3.05. The van der Waals surface area contributed by atoms with Gasteiger partial charge in [0.2, 0.25) is 0 Å². The molecule has 21 heavy (non-hydrogen) atoms. The molecule has 2 heteroatoms. The lowest BCUT2D eigenvalue weighted by atomic mass is 9.77. The number of nitrogens with zero attached hydrogens (tertiary/aromatic N) is 2. The van der Waals surface area contributed by atoms with Gasteiger partial charge < -0.3 is 0 Å². The van der Waals surface area contributed by atoms with Crippen molar-refractivity contribution in [3.05, 3.63) is 23.8 Å². The highest BCUT2D eigenvalue weighted by Gasteiger charge is 2.29. The van der Waals surface area contributed by atoms with Gasteiger partial charge in [-0.15, -0.1) is 0 Å². The Hall–Kier alpha value is -0.920. The summed E-state index contributed by atoms with van der Waals surface area (Å²) in [6.45, 7) is 13.7. The molecule has 0 aliphatic rings. The SMILES string of the molecule is CCCC(C)(CC)c1cnc(C(C)(CCC)CCC)nc1. The first-order valence-corrected chi connectivity index (χ1v) is 8.78. The van der Waals surface area contributed by atoms with E-state index in [-0.39, 0.29) is 10.8 Å². The molecular formula is C19H34N2. The molecule has 1 atom stereocenters. The molecule has 1 unspecified atom stereocenters. The highest BCUT2D eigenvalue weighted by atomic mass is 14.9. The fourth-order valence-electron chi connectivity index (χ4n) is 3.48. The topological polar surface area (TPSA) is 25.8 Å². The molecule has 0 aromatic carbocycles. The van der Waals surface area contributed by atoms with E-state index in [1.54, 1.807) is 0 Å². The maximum Gasteiger partial charge on any atom is 0.134 e. The van der Waals surface area contributed by atoms with Crippen molar-refractivity contribution in [1.29, 1.82) is 0 Å². The van der Waals surface area contributed by atoms with Gasteiger partial charge in [-0.3, -0.25) is 0 Å². The second-order valence-corrected chi connectivity index (χ2v) is 7.02. The van der Waals surface area contributed by atoms with E-state index in [0.29, 0.717) is 0 Å². The second kappa shape index (κ2) is 7.91. The summed E-state index contributed by atoms with van der Waals surface area (Å²) in [5.41, 5.74) is 1.65. The van der Waals surface area contributed by atoms with Gasteiger partial charge in [0.1, 0.15) is 5.82 Å². The molecule has 120 valence electrons. The van der Waals surface area contributed by atoms with E-state index in [1.807, 2.05) is 0 Å². The Bertz CT molecular complexity index is 404. The molecule has 0 aliphatic heterocycles. The summed E-state index contributed by atoms with van der Waals surface area (Å²) in [7, 11) is 0. The molecule has 0 radical (unpaired) electrons. The van der Waals surface area contributed by atoms with Crippen molar-refractivity contribution in [2.45, 2.75) is 97.3 Å². The van der Waals surface area contributed by atoms with Crippen LogP contribution in [-0.2, 0) is 10.8 Å². The summed E-state index contributed by atoms with van der Waals surface area (Å²) >= 11 is 0. The highest BCUT2D eigenvalue weighted by Crippen LogP contribution is 2.34. The van der Waals surface area contributed by atoms with Crippen LogP contribution in [0.4, 0.5) is 0 Å². The van der Waals surface area contributed by atoms with Crippen LogP contribution in [0.15, 0.2) is 12.4 Å². The Labute approximate surface area is 131 Å². The molecular weight excluding hydrogens is 256 g/mol. The van der Waals surface area contributed by atoms with Gasteiger partial charge >= 0.3 is 0 Å². The van der Waals surface area contributed by atoms with Crippen LogP contribution in [-0.4, -0.2) is 9.97 Å². The normalized spacial score (nSPS) is 15.0. The highest BCUT2D eigenvalue weighted by molar-refractivity contribution is 5.20. The van der Waals surface area contributed by atoms with Gasteiger partial charge in [0.05, 0.1) is 0 Å². The molecule has 1 aromatic heterocycles. The summed E-state index contributed by atoms with van der Waals surface area (Å²) in [5.74, 6) is 1.03. The lowest BCUT2D eigenvalue weighted by molar-refractivity contribution is 0.365. The predicted molar refractivity (Wildman–Crippen MR) is 91.8 cm³/mol. The Morgan fingerprint density at radius 3 is 1.57 bits per heavy atom. The van der Waals surface area contributed by atoms with E-state index < -0.39 is 0 Å². The number of aromatic nitrogens is 2. The number of rotatable bonds is 9. The van der Waals surface area contributed by atoms with Crippen LogP contribution in [0.5, 0.6) is 0 Å². The van der Waals surface area contributed by atoms with Gasteiger partial charge in [-0.25, -0.2) is 9.97 Å².